The van der Waals surface area contributed by atoms with Crippen molar-refractivity contribution in [1.82, 2.24) is 10.2 Å². The lowest BCUT2D eigenvalue weighted by Gasteiger charge is -2.38. The van der Waals surface area contributed by atoms with Gasteiger partial charge in [-0.15, -0.1) is 11.8 Å². The molecule has 1 N–H and O–H groups in total. The van der Waals surface area contributed by atoms with E-state index in [4.69, 9.17) is 0 Å². The van der Waals surface area contributed by atoms with Gasteiger partial charge in [0.15, 0.2) is 0 Å². The molecule has 3 rings (SSSR count). The van der Waals surface area contributed by atoms with Gasteiger partial charge in [0.2, 0.25) is 5.91 Å². The van der Waals surface area contributed by atoms with E-state index in [2.05, 4.69) is 22.3 Å². The molecular formula is C16H22N2OS. The van der Waals surface area contributed by atoms with Crippen LogP contribution >= 0.6 is 11.8 Å². The summed E-state index contributed by atoms with van der Waals surface area (Å²) in [5, 5.41) is 3.61. The molecule has 2 aliphatic heterocycles. The molecule has 1 aromatic rings. The first-order chi connectivity index (χ1) is 9.77. The molecule has 4 heteroatoms. The number of nitrogens with zero attached hydrogens (tertiary/aromatic N) is 1. The summed E-state index contributed by atoms with van der Waals surface area (Å²) in [5.74, 6) is 1.52. The van der Waals surface area contributed by atoms with Gasteiger partial charge in [-0.05, 0) is 24.8 Å². The molecule has 0 radical (unpaired) electrons. The van der Waals surface area contributed by atoms with Crippen molar-refractivity contribution in [3.8, 4) is 0 Å². The maximum atomic E-state index is 12.3. The minimum atomic E-state index is 0.274. The van der Waals surface area contributed by atoms with Gasteiger partial charge >= 0.3 is 0 Å². The maximum Gasteiger partial charge on any atom is 0.222 e. The highest BCUT2D eigenvalue weighted by Crippen LogP contribution is 2.36. The third kappa shape index (κ3) is 3.18. The number of aryl methyl sites for hydroxylation is 1. The molecule has 0 bridgehead atoms. The Labute approximate surface area is 125 Å². The van der Waals surface area contributed by atoms with Gasteiger partial charge in [-0.25, -0.2) is 0 Å². The summed E-state index contributed by atoms with van der Waals surface area (Å²) in [5.41, 5.74) is 1.25. The van der Waals surface area contributed by atoms with Crippen molar-refractivity contribution in [3.63, 3.8) is 0 Å². The summed E-state index contributed by atoms with van der Waals surface area (Å²) in [6.45, 7) is 2.94. The van der Waals surface area contributed by atoms with Crippen LogP contribution in [0.3, 0.4) is 0 Å². The fraction of sp³-hybridized carbons (Fsp3) is 0.562. The molecule has 0 unspecified atom stereocenters. The molecule has 1 amide bonds. The third-order valence-electron chi connectivity index (χ3n) is 4.32. The summed E-state index contributed by atoms with van der Waals surface area (Å²) >= 11 is 2.04. The smallest absolute Gasteiger partial charge is 0.222 e. The zero-order valence-corrected chi connectivity index (χ0v) is 12.6. The van der Waals surface area contributed by atoms with Crippen molar-refractivity contribution in [1.29, 1.82) is 0 Å². The fourth-order valence-corrected chi connectivity index (χ4v) is 4.34. The molecule has 2 fully saturated rings. The first-order valence-corrected chi connectivity index (χ1v) is 8.47. The summed E-state index contributed by atoms with van der Waals surface area (Å²) in [6, 6.07) is 10.3. The average Bonchev–Trinajstić information content (AvgIpc) is 2.95. The van der Waals surface area contributed by atoms with Crippen molar-refractivity contribution in [2.24, 2.45) is 0 Å². The largest absolute Gasteiger partial charge is 0.342 e. The lowest BCUT2D eigenvalue weighted by atomic mass is 10.0. The van der Waals surface area contributed by atoms with Crippen LogP contribution in [-0.2, 0) is 11.2 Å². The molecule has 1 spiro atoms. The van der Waals surface area contributed by atoms with Gasteiger partial charge in [0, 0.05) is 31.8 Å². The van der Waals surface area contributed by atoms with Gasteiger partial charge in [-0.3, -0.25) is 4.79 Å². The number of benzene rings is 1. The van der Waals surface area contributed by atoms with Crippen LogP contribution in [0.15, 0.2) is 30.3 Å². The lowest BCUT2D eigenvalue weighted by Crippen LogP contribution is -2.49. The molecule has 3 nitrogen and oxygen atoms in total. The van der Waals surface area contributed by atoms with E-state index in [0.29, 0.717) is 12.3 Å². The van der Waals surface area contributed by atoms with Gasteiger partial charge < -0.3 is 10.2 Å². The number of rotatable bonds is 3. The Balaban J connectivity index is 1.47. The molecule has 1 aromatic carbocycles. The summed E-state index contributed by atoms with van der Waals surface area (Å²) < 4.78 is 0. The van der Waals surface area contributed by atoms with Gasteiger partial charge in [0.25, 0.3) is 0 Å². The second kappa shape index (κ2) is 6.19. The second-order valence-electron chi connectivity index (χ2n) is 5.64. The summed E-state index contributed by atoms with van der Waals surface area (Å²) in [4.78, 5) is 14.6. The fourth-order valence-electron chi connectivity index (χ4n) is 3.07. The van der Waals surface area contributed by atoms with E-state index >= 15 is 0 Å². The van der Waals surface area contributed by atoms with Crippen molar-refractivity contribution < 1.29 is 4.79 Å². The van der Waals surface area contributed by atoms with Crippen molar-refractivity contribution >= 4 is 17.7 Å². The van der Waals surface area contributed by atoms with E-state index in [-0.39, 0.29) is 4.87 Å². The highest BCUT2D eigenvalue weighted by atomic mass is 32.2. The number of piperidine rings is 1. The van der Waals surface area contributed by atoms with Crippen LogP contribution in [0, 0.1) is 0 Å². The van der Waals surface area contributed by atoms with Crippen molar-refractivity contribution in [2.75, 3.05) is 25.4 Å². The predicted octanol–water partition coefficient (Wildman–Crippen LogP) is 2.27. The number of amides is 1. The van der Waals surface area contributed by atoms with Crippen molar-refractivity contribution in [3.05, 3.63) is 35.9 Å². The number of nitrogens with one attached hydrogen (secondary N) is 1. The topological polar surface area (TPSA) is 32.3 Å². The Morgan fingerprint density at radius 2 is 2.00 bits per heavy atom. The standard InChI is InChI=1S/C16H22N2OS/c19-15(7-6-14-4-2-1-3-5-14)18-11-8-16(9-12-18)17-10-13-20-16/h1-5,17H,6-13H2. The van der Waals surface area contributed by atoms with Crippen molar-refractivity contribution in [2.45, 2.75) is 30.6 Å². The third-order valence-corrected chi connectivity index (χ3v) is 5.84. The van der Waals surface area contributed by atoms with Gasteiger partial charge in [-0.2, -0.15) is 0 Å². The van der Waals surface area contributed by atoms with Crippen LogP contribution < -0.4 is 5.32 Å². The SMILES string of the molecule is O=C(CCc1ccccc1)N1CCC2(CC1)NCCS2. The Kier molecular flexibility index (Phi) is 4.32. The number of carbonyl (C=O) groups is 1. The number of hydrogen-bond acceptors (Lipinski definition) is 3. The first kappa shape index (κ1) is 14.0. The molecule has 0 saturated carbocycles. The molecule has 0 aromatic heterocycles. The Morgan fingerprint density at radius 1 is 1.25 bits per heavy atom. The monoisotopic (exact) mass is 290 g/mol. The first-order valence-electron chi connectivity index (χ1n) is 7.48. The van der Waals surface area contributed by atoms with E-state index in [9.17, 15) is 4.79 Å². The zero-order chi connectivity index (χ0) is 13.8. The Hall–Kier alpha value is -1.00. The molecular weight excluding hydrogens is 268 g/mol. The van der Waals surface area contributed by atoms with Crippen LogP contribution in [0.25, 0.3) is 0 Å². The second-order valence-corrected chi connectivity index (χ2v) is 7.11. The summed E-state index contributed by atoms with van der Waals surface area (Å²) in [6.07, 6.45) is 3.68. The van der Waals surface area contributed by atoms with Gasteiger partial charge in [0.05, 0.1) is 4.87 Å². The predicted molar refractivity (Wildman–Crippen MR) is 83.8 cm³/mol. The zero-order valence-electron chi connectivity index (χ0n) is 11.8. The number of likely N-dealkylation sites (tertiary alicyclic amines) is 1. The van der Waals surface area contributed by atoms with Crippen LogP contribution in [0.1, 0.15) is 24.8 Å². The quantitative estimate of drug-likeness (QED) is 0.927. The minimum Gasteiger partial charge on any atom is -0.342 e. The van der Waals surface area contributed by atoms with E-state index in [1.54, 1.807) is 0 Å². The number of hydrogen-bond donors (Lipinski definition) is 1. The Bertz CT molecular complexity index is 447. The van der Waals surface area contributed by atoms with Crippen LogP contribution in [-0.4, -0.2) is 41.1 Å². The number of carbonyl (C=O) groups excluding carboxylic acids is 1. The molecule has 0 aliphatic carbocycles. The minimum absolute atomic E-state index is 0.274. The molecule has 2 saturated heterocycles. The maximum absolute atomic E-state index is 12.3. The van der Waals surface area contributed by atoms with Crippen LogP contribution in [0.4, 0.5) is 0 Å². The average molecular weight is 290 g/mol. The normalized spacial score (nSPS) is 21.3. The summed E-state index contributed by atoms with van der Waals surface area (Å²) in [7, 11) is 0. The highest BCUT2D eigenvalue weighted by molar-refractivity contribution is 8.00. The van der Waals surface area contributed by atoms with E-state index in [1.807, 2.05) is 30.0 Å². The molecule has 108 valence electrons. The van der Waals surface area contributed by atoms with Crippen LogP contribution in [0.5, 0.6) is 0 Å². The Morgan fingerprint density at radius 3 is 2.65 bits per heavy atom. The lowest BCUT2D eigenvalue weighted by molar-refractivity contribution is -0.132. The van der Waals surface area contributed by atoms with Gasteiger partial charge in [0.1, 0.15) is 0 Å². The van der Waals surface area contributed by atoms with Crippen LogP contribution in [0.2, 0.25) is 0 Å². The number of thioether (sulfide) groups is 1. The van der Waals surface area contributed by atoms with E-state index in [1.165, 1.54) is 11.3 Å². The van der Waals surface area contributed by atoms with E-state index in [0.717, 1.165) is 38.9 Å². The van der Waals surface area contributed by atoms with E-state index < -0.39 is 0 Å². The molecule has 2 aliphatic rings. The molecule has 20 heavy (non-hydrogen) atoms. The van der Waals surface area contributed by atoms with Gasteiger partial charge in [-0.1, -0.05) is 30.3 Å². The molecule has 2 heterocycles. The molecule has 0 atom stereocenters. The highest BCUT2D eigenvalue weighted by Gasteiger charge is 2.38.